The van der Waals surface area contributed by atoms with Crippen LogP contribution in [0.25, 0.3) is 0 Å². The van der Waals surface area contributed by atoms with Crippen LogP contribution in [-0.2, 0) is 0 Å². The lowest BCUT2D eigenvalue weighted by molar-refractivity contribution is 0.0848. The van der Waals surface area contributed by atoms with Gasteiger partial charge < -0.3 is 5.73 Å². The van der Waals surface area contributed by atoms with Crippen LogP contribution in [0.3, 0.4) is 0 Å². The third-order valence-electron chi connectivity index (χ3n) is 3.26. The summed E-state index contributed by atoms with van der Waals surface area (Å²) in [6.07, 6.45) is 1.25. The van der Waals surface area contributed by atoms with Gasteiger partial charge in [0.1, 0.15) is 0 Å². The summed E-state index contributed by atoms with van der Waals surface area (Å²) < 4.78 is 0. The Morgan fingerprint density at radius 3 is 2.50 bits per heavy atom. The van der Waals surface area contributed by atoms with Crippen molar-refractivity contribution < 1.29 is 0 Å². The Balaban J connectivity index is 2.77. The number of nitrogens with zero attached hydrogens (tertiary/aromatic N) is 1. The number of nitrogens with two attached hydrogens (primary N) is 1. The smallest absolute Gasteiger partial charge is 0.0434 e. The van der Waals surface area contributed by atoms with Crippen LogP contribution in [0, 0.1) is 0 Å². The van der Waals surface area contributed by atoms with Gasteiger partial charge in [0.05, 0.1) is 0 Å². The van der Waals surface area contributed by atoms with Crippen molar-refractivity contribution >= 4 is 11.8 Å². The molecule has 0 spiro atoms. The Kier molecular flexibility index (Phi) is 4.29. The molecule has 0 aromatic carbocycles. The van der Waals surface area contributed by atoms with Crippen molar-refractivity contribution in [3.63, 3.8) is 0 Å². The standard InChI is InChI=1S/C11H24N2S/c1-5-13(9(2)3)11(7-12)6-10(4)14-8-11/h9-10H,5-8,12H2,1-4H3. The molecule has 1 heterocycles. The molecule has 1 saturated heterocycles. The van der Waals surface area contributed by atoms with Gasteiger partial charge in [-0.15, -0.1) is 0 Å². The molecule has 0 aromatic heterocycles. The van der Waals surface area contributed by atoms with Crippen LogP contribution in [0.5, 0.6) is 0 Å². The summed E-state index contributed by atoms with van der Waals surface area (Å²) in [5, 5.41) is 0.770. The van der Waals surface area contributed by atoms with E-state index in [0.717, 1.165) is 18.3 Å². The zero-order valence-electron chi connectivity index (χ0n) is 9.92. The Labute approximate surface area is 92.6 Å². The van der Waals surface area contributed by atoms with Crippen LogP contribution in [-0.4, -0.2) is 40.6 Å². The molecule has 0 amide bonds. The van der Waals surface area contributed by atoms with Gasteiger partial charge in [0.15, 0.2) is 0 Å². The van der Waals surface area contributed by atoms with Gasteiger partial charge in [-0.25, -0.2) is 0 Å². The molecule has 0 saturated carbocycles. The first-order chi connectivity index (χ1) is 6.55. The maximum Gasteiger partial charge on any atom is 0.0434 e. The molecule has 0 bridgehead atoms. The molecule has 0 radical (unpaired) electrons. The Bertz CT molecular complexity index is 184. The fraction of sp³-hybridized carbons (Fsp3) is 1.00. The number of thioether (sulfide) groups is 1. The molecule has 0 aliphatic carbocycles. The normalized spacial score (nSPS) is 33.2. The average Bonchev–Trinajstić information content (AvgIpc) is 2.49. The van der Waals surface area contributed by atoms with Crippen LogP contribution in [0.1, 0.15) is 34.1 Å². The number of hydrogen-bond donors (Lipinski definition) is 1. The highest BCUT2D eigenvalue weighted by atomic mass is 32.2. The first-order valence-corrected chi connectivity index (χ1v) is 6.69. The second-order valence-electron chi connectivity index (χ2n) is 4.63. The van der Waals surface area contributed by atoms with Gasteiger partial charge in [-0.05, 0) is 26.8 Å². The van der Waals surface area contributed by atoms with Gasteiger partial charge in [0, 0.05) is 29.1 Å². The van der Waals surface area contributed by atoms with Crippen molar-refractivity contribution in [2.45, 2.75) is 50.9 Å². The van der Waals surface area contributed by atoms with E-state index in [-0.39, 0.29) is 5.54 Å². The van der Waals surface area contributed by atoms with Gasteiger partial charge in [-0.3, -0.25) is 4.90 Å². The summed E-state index contributed by atoms with van der Waals surface area (Å²) in [4.78, 5) is 2.57. The SMILES string of the molecule is CCN(C(C)C)C1(CN)CSC(C)C1. The number of rotatable bonds is 4. The first kappa shape index (κ1) is 12.3. The minimum atomic E-state index is 0.271. The van der Waals surface area contributed by atoms with E-state index in [4.69, 9.17) is 5.73 Å². The summed E-state index contributed by atoms with van der Waals surface area (Å²) in [6.45, 7) is 11.0. The lowest BCUT2D eigenvalue weighted by Gasteiger charge is -2.42. The average molecular weight is 216 g/mol. The molecular formula is C11H24N2S. The molecule has 2 N–H and O–H groups in total. The van der Waals surface area contributed by atoms with Crippen molar-refractivity contribution in [1.29, 1.82) is 0 Å². The monoisotopic (exact) mass is 216 g/mol. The van der Waals surface area contributed by atoms with Gasteiger partial charge in [-0.2, -0.15) is 11.8 Å². The predicted molar refractivity (Wildman–Crippen MR) is 65.8 cm³/mol. The van der Waals surface area contributed by atoms with E-state index in [0.29, 0.717) is 6.04 Å². The van der Waals surface area contributed by atoms with Crippen LogP contribution in [0.2, 0.25) is 0 Å². The van der Waals surface area contributed by atoms with Crippen LogP contribution >= 0.6 is 11.8 Å². The Hall–Kier alpha value is 0.270. The van der Waals surface area contributed by atoms with Gasteiger partial charge >= 0.3 is 0 Å². The molecule has 14 heavy (non-hydrogen) atoms. The first-order valence-electron chi connectivity index (χ1n) is 5.64. The Morgan fingerprint density at radius 1 is 1.57 bits per heavy atom. The van der Waals surface area contributed by atoms with Crippen molar-refractivity contribution in [2.75, 3.05) is 18.8 Å². The van der Waals surface area contributed by atoms with E-state index >= 15 is 0 Å². The van der Waals surface area contributed by atoms with Crippen LogP contribution < -0.4 is 5.73 Å². The van der Waals surface area contributed by atoms with Crippen LogP contribution in [0.4, 0.5) is 0 Å². The summed E-state index contributed by atoms with van der Waals surface area (Å²) in [7, 11) is 0. The zero-order chi connectivity index (χ0) is 10.8. The lowest BCUT2D eigenvalue weighted by Crippen LogP contribution is -2.56. The summed E-state index contributed by atoms with van der Waals surface area (Å²) >= 11 is 2.07. The highest BCUT2D eigenvalue weighted by Gasteiger charge is 2.42. The van der Waals surface area contributed by atoms with Gasteiger partial charge in [-0.1, -0.05) is 13.8 Å². The fourth-order valence-corrected chi connectivity index (χ4v) is 4.08. The second kappa shape index (κ2) is 4.86. The fourth-order valence-electron chi connectivity index (χ4n) is 2.66. The molecule has 0 aromatic rings. The minimum Gasteiger partial charge on any atom is -0.329 e. The third-order valence-corrected chi connectivity index (χ3v) is 4.70. The zero-order valence-corrected chi connectivity index (χ0v) is 10.7. The summed E-state index contributed by atoms with van der Waals surface area (Å²) in [5.41, 5.74) is 6.26. The van der Waals surface area contributed by atoms with Crippen molar-refractivity contribution in [1.82, 2.24) is 4.90 Å². The van der Waals surface area contributed by atoms with E-state index < -0.39 is 0 Å². The lowest BCUT2D eigenvalue weighted by atomic mass is 9.92. The summed E-state index contributed by atoms with van der Waals surface area (Å²) in [6, 6.07) is 0.606. The predicted octanol–water partition coefficient (Wildman–Crippen LogP) is 1.94. The molecule has 2 atom stereocenters. The molecule has 84 valence electrons. The molecular weight excluding hydrogens is 192 g/mol. The molecule has 1 rings (SSSR count). The van der Waals surface area contributed by atoms with Crippen molar-refractivity contribution in [3.8, 4) is 0 Å². The summed E-state index contributed by atoms with van der Waals surface area (Å²) in [5.74, 6) is 1.21. The quantitative estimate of drug-likeness (QED) is 0.779. The van der Waals surface area contributed by atoms with E-state index in [1.807, 2.05) is 0 Å². The highest BCUT2D eigenvalue weighted by molar-refractivity contribution is 8.00. The molecule has 1 aliphatic rings. The molecule has 1 fully saturated rings. The third kappa shape index (κ3) is 2.26. The maximum absolute atomic E-state index is 5.99. The van der Waals surface area contributed by atoms with E-state index in [2.05, 4.69) is 44.4 Å². The molecule has 3 heteroatoms. The van der Waals surface area contributed by atoms with Gasteiger partial charge in [0.25, 0.3) is 0 Å². The molecule has 1 aliphatic heterocycles. The Morgan fingerprint density at radius 2 is 2.21 bits per heavy atom. The second-order valence-corrected chi connectivity index (χ2v) is 6.06. The minimum absolute atomic E-state index is 0.271. The van der Waals surface area contributed by atoms with E-state index in [1.165, 1.54) is 12.2 Å². The van der Waals surface area contributed by atoms with Crippen molar-refractivity contribution in [2.24, 2.45) is 5.73 Å². The van der Waals surface area contributed by atoms with E-state index in [1.54, 1.807) is 0 Å². The van der Waals surface area contributed by atoms with Crippen molar-refractivity contribution in [3.05, 3.63) is 0 Å². The topological polar surface area (TPSA) is 29.3 Å². The number of likely N-dealkylation sites (N-methyl/N-ethyl adjacent to an activating group) is 1. The molecule has 2 nitrogen and oxygen atoms in total. The largest absolute Gasteiger partial charge is 0.329 e. The number of hydrogen-bond acceptors (Lipinski definition) is 3. The van der Waals surface area contributed by atoms with Crippen LogP contribution in [0.15, 0.2) is 0 Å². The molecule has 2 unspecified atom stereocenters. The van der Waals surface area contributed by atoms with E-state index in [9.17, 15) is 0 Å². The van der Waals surface area contributed by atoms with Gasteiger partial charge in [0.2, 0.25) is 0 Å². The maximum atomic E-state index is 5.99. The highest BCUT2D eigenvalue weighted by Crippen LogP contribution is 2.38.